The number of nitrogens with one attached hydrogen (secondary N) is 1. The monoisotopic (exact) mass is 299 g/mol. The lowest BCUT2D eigenvalue weighted by Crippen LogP contribution is -2.42. The van der Waals surface area contributed by atoms with Crippen molar-refractivity contribution in [3.63, 3.8) is 0 Å². The molecule has 1 heterocycles. The molecule has 1 atom stereocenters. The number of carbonyl (C=O) groups is 1. The van der Waals surface area contributed by atoms with Crippen LogP contribution in [0.15, 0.2) is 30.3 Å². The summed E-state index contributed by atoms with van der Waals surface area (Å²) in [6, 6.07) is 8.22. The molecule has 114 valence electrons. The molecule has 0 aromatic heterocycles. The van der Waals surface area contributed by atoms with Crippen LogP contribution < -0.4 is 5.32 Å². The molecule has 2 aromatic rings. The van der Waals surface area contributed by atoms with Gasteiger partial charge in [-0.15, -0.1) is 0 Å². The zero-order valence-corrected chi connectivity index (χ0v) is 13.1. The maximum absolute atomic E-state index is 13.3. The first-order chi connectivity index (χ1) is 10.3. The quantitative estimate of drug-likeness (QED) is 0.802. The number of halogens is 1. The molecule has 0 saturated heterocycles. The van der Waals surface area contributed by atoms with Gasteiger partial charge in [0.05, 0.1) is 11.3 Å². The number of cyclic esters (lactones) is 1. The molecule has 22 heavy (non-hydrogen) atoms. The van der Waals surface area contributed by atoms with Crippen LogP contribution in [0.25, 0.3) is 0 Å². The van der Waals surface area contributed by atoms with Gasteiger partial charge in [0.15, 0.2) is 0 Å². The Labute approximate surface area is 129 Å². The molecular weight excluding hydrogens is 281 g/mol. The average Bonchev–Trinajstić information content (AvgIpc) is 2.38. The summed E-state index contributed by atoms with van der Waals surface area (Å²) in [5.41, 5.74) is 4.02. The first kappa shape index (κ1) is 14.6. The standard InChI is InChI=1S/C18H18FNO2/c1-10-7-11(2)16(12(3)8-10)18(4)20-15-6-5-13(19)9-14(15)17(21)22-18/h5-9,20H,1-4H3. The second kappa shape index (κ2) is 4.83. The fourth-order valence-corrected chi connectivity index (χ4v) is 3.36. The highest BCUT2D eigenvalue weighted by molar-refractivity contribution is 5.97. The van der Waals surface area contributed by atoms with Gasteiger partial charge in [0.1, 0.15) is 5.82 Å². The van der Waals surface area contributed by atoms with Gasteiger partial charge in [-0.1, -0.05) is 17.7 Å². The zero-order chi connectivity index (χ0) is 16.1. The molecule has 1 aliphatic rings. The molecule has 0 fully saturated rings. The van der Waals surface area contributed by atoms with Crippen LogP contribution in [-0.4, -0.2) is 5.97 Å². The lowest BCUT2D eigenvalue weighted by molar-refractivity contribution is -0.00320. The van der Waals surface area contributed by atoms with Gasteiger partial charge < -0.3 is 10.1 Å². The Morgan fingerprint density at radius 3 is 2.36 bits per heavy atom. The van der Waals surface area contributed by atoms with E-state index in [1.165, 1.54) is 12.1 Å². The SMILES string of the molecule is Cc1cc(C)c(C2(C)Nc3ccc(F)cc3C(=O)O2)c(C)c1. The number of fused-ring (bicyclic) bond motifs is 1. The number of rotatable bonds is 1. The summed E-state index contributed by atoms with van der Waals surface area (Å²) in [5.74, 6) is -0.973. The van der Waals surface area contributed by atoms with E-state index in [4.69, 9.17) is 4.74 Å². The van der Waals surface area contributed by atoms with Gasteiger partial charge in [0.25, 0.3) is 0 Å². The average molecular weight is 299 g/mol. The van der Waals surface area contributed by atoms with Crippen LogP contribution in [0.1, 0.15) is 39.5 Å². The van der Waals surface area contributed by atoms with Crippen molar-refractivity contribution in [2.75, 3.05) is 5.32 Å². The van der Waals surface area contributed by atoms with Crippen LogP contribution >= 0.6 is 0 Å². The van der Waals surface area contributed by atoms with E-state index in [0.717, 1.165) is 22.3 Å². The normalized spacial score (nSPS) is 20.1. The molecule has 1 N–H and O–H groups in total. The van der Waals surface area contributed by atoms with E-state index in [2.05, 4.69) is 17.4 Å². The Morgan fingerprint density at radius 1 is 1.09 bits per heavy atom. The molecule has 3 rings (SSSR count). The lowest BCUT2D eigenvalue weighted by atomic mass is 9.90. The third kappa shape index (κ3) is 2.25. The fourth-order valence-electron chi connectivity index (χ4n) is 3.36. The fraction of sp³-hybridized carbons (Fsp3) is 0.278. The van der Waals surface area contributed by atoms with E-state index in [-0.39, 0.29) is 5.56 Å². The highest BCUT2D eigenvalue weighted by Crippen LogP contribution is 2.38. The Morgan fingerprint density at radius 2 is 1.73 bits per heavy atom. The van der Waals surface area contributed by atoms with Crippen LogP contribution in [0.4, 0.5) is 10.1 Å². The van der Waals surface area contributed by atoms with E-state index in [1.807, 2.05) is 27.7 Å². The Kier molecular flexibility index (Phi) is 3.20. The number of aryl methyl sites for hydroxylation is 3. The van der Waals surface area contributed by atoms with E-state index < -0.39 is 17.5 Å². The molecule has 0 spiro atoms. The largest absolute Gasteiger partial charge is 0.431 e. The number of benzene rings is 2. The van der Waals surface area contributed by atoms with Crippen LogP contribution in [0.2, 0.25) is 0 Å². The minimum Gasteiger partial charge on any atom is -0.431 e. The van der Waals surface area contributed by atoms with Gasteiger partial charge in [-0.2, -0.15) is 0 Å². The van der Waals surface area contributed by atoms with E-state index in [9.17, 15) is 9.18 Å². The third-order valence-electron chi connectivity index (χ3n) is 4.03. The number of anilines is 1. The van der Waals surface area contributed by atoms with E-state index in [0.29, 0.717) is 5.69 Å². The molecule has 0 bridgehead atoms. The van der Waals surface area contributed by atoms with Crippen LogP contribution in [0.5, 0.6) is 0 Å². The predicted octanol–water partition coefficient (Wildman–Crippen LogP) is 4.21. The molecule has 0 amide bonds. The van der Waals surface area contributed by atoms with Gasteiger partial charge in [-0.3, -0.25) is 0 Å². The van der Waals surface area contributed by atoms with E-state index >= 15 is 0 Å². The maximum atomic E-state index is 13.3. The van der Waals surface area contributed by atoms with Crippen molar-refractivity contribution in [1.29, 1.82) is 0 Å². The summed E-state index contributed by atoms with van der Waals surface area (Å²) in [6.45, 7) is 7.85. The molecule has 4 heteroatoms. The number of hydrogen-bond donors (Lipinski definition) is 1. The minimum atomic E-state index is -0.968. The summed E-state index contributed by atoms with van der Waals surface area (Å²) in [5, 5.41) is 3.24. The number of carbonyl (C=O) groups excluding carboxylic acids is 1. The minimum absolute atomic E-state index is 0.222. The smallest absolute Gasteiger partial charge is 0.342 e. The number of esters is 1. The van der Waals surface area contributed by atoms with Crippen molar-refractivity contribution in [2.24, 2.45) is 0 Å². The molecule has 3 nitrogen and oxygen atoms in total. The summed E-state index contributed by atoms with van der Waals surface area (Å²) in [7, 11) is 0. The van der Waals surface area contributed by atoms with Gasteiger partial charge in [-0.05, 0) is 57.0 Å². The first-order valence-corrected chi connectivity index (χ1v) is 7.19. The second-order valence-electron chi connectivity index (χ2n) is 6.01. The van der Waals surface area contributed by atoms with Crippen molar-refractivity contribution >= 4 is 11.7 Å². The highest BCUT2D eigenvalue weighted by Gasteiger charge is 2.39. The summed E-state index contributed by atoms with van der Waals surface area (Å²) in [4.78, 5) is 12.3. The van der Waals surface area contributed by atoms with Crippen LogP contribution in [0.3, 0.4) is 0 Å². The zero-order valence-electron chi connectivity index (χ0n) is 13.1. The van der Waals surface area contributed by atoms with Gasteiger partial charge in [0, 0.05) is 5.56 Å². The van der Waals surface area contributed by atoms with Crippen molar-refractivity contribution in [3.8, 4) is 0 Å². The summed E-state index contributed by atoms with van der Waals surface area (Å²) in [6.07, 6.45) is 0. The molecular formula is C18H18FNO2. The van der Waals surface area contributed by atoms with Crippen LogP contribution in [-0.2, 0) is 10.5 Å². The van der Waals surface area contributed by atoms with Gasteiger partial charge >= 0.3 is 5.97 Å². The molecule has 1 unspecified atom stereocenters. The van der Waals surface area contributed by atoms with Crippen molar-refractivity contribution < 1.29 is 13.9 Å². The summed E-state index contributed by atoms with van der Waals surface area (Å²) >= 11 is 0. The second-order valence-corrected chi connectivity index (χ2v) is 6.01. The highest BCUT2D eigenvalue weighted by atomic mass is 19.1. The van der Waals surface area contributed by atoms with Crippen molar-refractivity contribution in [2.45, 2.75) is 33.4 Å². The molecule has 1 aliphatic heterocycles. The lowest BCUT2D eigenvalue weighted by Gasteiger charge is -2.38. The van der Waals surface area contributed by atoms with Crippen molar-refractivity contribution in [3.05, 3.63) is 64.0 Å². The molecule has 2 aromatic carbocycles. The Balaban J connectivity index is 2.13. The summed E-state index contributed by atoms with van der Waals surface area (Å²) < 4.78 is 18.9. The Hall–Kier alpha value is -2.36. The third-order valence-corrected chi connectivity index (χ3v) is 4.03. The van der Waals surface area contributed by atoms with Gasteiger partial charge in [-0.25, -0.2) is 9.18 Å². The maximum Gasteiger partial charge on any atom is 0.342 e. The molecule has 0 saturated carbocycles. The Bertz CT molecular complexity index is 762. The van der Waals surface area contributed by atoms with E-state index in [1.54, 1.807) is 6.07 Å². The van der Waals surface area contributed by atoms with Gasteiger partial charge in [0.2, 0.25) is 5.72 Å². The topological polar surface area (TPSA) is 38.3 Å². The number of hydrogen-bond acceptors (Lipinski definition) is 3. The first-order valence-electron chi connectivity index (χ1n) is 7.19. The van der Waals surface area contributed by atoms with Crippen molar-refractivity contribution in [1.82, 2.24) is 0 Å². The molecule has 0 aliphatic carbocycles. The molecule has 0 radical (unpaired) electrons. The predicted molar refractivity (Wildman–Crippen MR) is 83.4 cm³/mol. The number of ether oxygens (including phenoxy) is 1. The van der Waals surface area contributed by atoms with Crippen LogP contribution in [0, 0.1) is 26.6 Å².